The summed E-state index contributed by atoms with van der Waals surface area (Å²) in [5.74, 6) is 1.37. The van der Waals surface area contributed by atoms with Gasteiger partial charge in [0.05, 0.1) is 0 Å². The summed E-state index contributed by atoms with van der Waals surface area (Å²) < 4.78 is 10.9. The van der Waals surface area contributed by atoms with E-state index >= 15 is 0 Å². The van der Waals surface area contributed by atoms with E-state index in [9.17, 15) is 14.7 Å². The molecular weight excluding hydrogens is 1280 g/mol. The molecule has 0 unspecified atom stereocenters. The lowest BCUT2D eigenvalue weighted by Gasteiger charge is -2.18. The molecule has 0 atom stereocenters. The molecule has 0 aromatic heterocycles. The number of aromatic hydroxyl groups is 2. The van der Waals surface area contributed by atoms with E-state index in [2.05, 4.69) is 242 Å². The third-order valence-corrected chi connectivity index (χ3v) is 15.9. The highest BCUT2D eigenvalue weighted by Crippen LogP contribution is 2.39. The second-order valence-corrected chi connectivity index (χ2v) is 24.3. The Morgan fingerprint density at radius 2 is 0.525 bits per heavy atom. The van der Waals surface area contributed by atoms with Gasteiger partial charge in [-0.1, -0.05) is 313 Å². The van der Waals surface area contributed by atoms with Crippen molar-refractivity contribution in [3.8, 4) is 17.2 Å². The summed E-state index contributed by atoms with van der Waals surface area (Å²) >= 11 is 3.31. The molecule has 0 aliphatic carbocycles. The Morgan fingerprint density at radius 3 is 0.737 bits per heavy atom. The third kappa shape index (κ3) is 24.4. The molecule has 1 saturated heterocycles. The summed E-state index contributed by atoms with van der Waals surface area (Å²) in [5.41, 5.74) is 16.8. The lowest BCUT2D eigenvalue weighted by Crippen LogP contribution is -2.19. The predicted molar refractivity (Wildman–Crippen MR) is 414 cm³/mol. The molecule has 9 heteroatoms. The number of ether oxygens (including phenoxy) is 2. The van der Waals surface area contributed by atoms with Gasteiger partial charge in [-0.05, 0) is 156 Å². The molecule has 1 fully saturated rings. The second-order valence-electron chi connectivity index (χ2n) is 23.5. The van der Waals surface area contributed by atoms with Gasteiger partial charge in [-0.2, -0.15) is 0 Å². The Labute approximate surface area is 594 Å². The number of carbonyl (C=O) groups excluding carboxylic acids is 2. The van der Waals surface area contributed by atoms with Crippen LogP contribution >= 0.6 is 15.9 Å². The van der Waals surface area contributed by atoms with Crippen molar-refractivity contribution in [1.82, 2.24) is 9.80 Å². The zero-order chi connectivity index (χ0) is 69.7. The Morgan fingerprint density at radius 1 is 0.313 bits per heavy atom. The van der Waals surface area contributed by atoms with Crippen molar-refractivity contribution in [3.63, 3.8) is 0 Å². The molecule has 2 N–H and O–H groups in total. The van der Waals surface area contributed by atoms with Crippen LogP contribution in [-0.2, 0) is 4.74 Å². The van der Waals surface area contributed by atoms with Crippen LogP contribution in [0.2, 0.25) is 0 Å². The van der Waals surface area contributed by atoms with Crippen LogP contribution in [0.25, 0.3) is 22.3 Å². The van der Waals surface area contributed by atoms with Crippen molar-refractivity contribution >= 4 is 49.8 Å². The number of hydrogen-bond acceptors (Lipinski definition) is 8. The summed E-state index contributed by atoms with van der Waals surface area (Å²) in [6.07, 6.45) is 2.56. The number of likely N-dealkylation sites (N-methyl/N-ethyl adjacent to an activating group) is 1. The summed E-state index contributed by atoms with van der Waals surface area (Å²) in [6.45, 7) is 4.69. The summed E-state index contributed by atoms with van der Waals surface area (Å²) in [5, 5.41) is 19.9. The van der Waals surface area contributed by atoms with Crippen LogP contribution in [0.15, 0.2) is 346 Å². The van der Waals surface area contributed by atoms with Gasteiger partial charge in [0.2, 0.25) is 0 Å². The first-order valence-corrected chi connectivity index (χ1v) is 34.4. The number of halogens is 1. The number of benzene rings is 12. The molecule has 0 saturated carbocycles. The van der Waals surface area contributed by atoms with Gasteiger partial charge >= 0.3 is 0 Å². The molecule has 12 aromatic carbocycles. The molecular formula is C90H87BrN2O6. The van der Waals surface area contributed by atoms with Crippen molar-refractivity contribution in [2.45, 2.75) is 12.8 Å². The summed E-state index contributed by atoms with van der Waals surface area (Å²) in [7, 11) is 8.22. The average Bonchev–Trinajstić information content (AvgIpc) is 1.08. The average molecular weight is 1370 g/mol. The Balaban J connectivity index is 0.000000166. The molecule has 99 heavy (non-hydrogen) atoms. The van der Waals surface area contributed by atoms with Crippen LogP contribution in [0.1, 0.15) is 89.2 Å². The molecule has 0 bridgehead atoms. The van der Waals surface area contributed by atoms with Gasteiger partial charge < -0.3 is 29.5 Å². The number of rotatable bonds is 18. The maximum atomic E-state index is 11.9. The number of hydrogen-bond donors (Lipinski definition) is 2. The minimum Gasteiger partial charge on any atom is -0.508 e. The van der Waals surface area contributed by atoms with E-state index in [4.69, 9.17) is 14.6 Å². The molecule has 1 aliphatic heterocycles. The van der Waals surface area contributed by atoms with Gasteiger partial charge in [-0.3, -0.25) is 9.59 Å². The van der Waals surface area contributed by atoms with Gasteiger partial charge in [-0.25, -0.2) is 0 Å². The van der Waals surface area contributed by atoms with Crippen LogP contribution in [0.3, 0.4) is 0 Å². The zero-order valence-corrected chi connectivity index (χ0v) is 58.5. The highest BCUT2D eigenvalue weighted by atomic mass is 79.9. The van der Waals surface area contributed by atoms with Crippen molar-refractivity contribution in [2.24, 2.45) is 0 Å². The molecule has 13 rings (SSSR count). The molecule has 1 aliphatic rings. The van der Waals surface area contributed by atoms with E-state index in [0.717, 1.165) is 76.3 Å². The molecule has 0 amide bonds. The fourth-order valence-corrected chi connectivity index (χ4v) is 11.2. The number of alkyl halides is 1. The van der Waals surface area contributed by atoms with Gasteiger partial charge in [0, 0.05) is 53.9 Å². The fraction of sp³-hybridized carbons (Fsp3) is 0.133. The normalized spacial score (nSPS) is 11.0. The first kappa shape index (κ1) is 74.0. The number of nitrogens with zero attached hydrogens (tertiary/aromatic N) is 2. The maximum Gasteiger partial charge on any atom is 0.193 e. The quantitative estimate of drug-likeness (QED) is 0.0498. The summed E-state index contributed by atoms with van der Waals surface area (Å²) in [4.78, 5) is 28.0. The molecule has 1 heterocycles. The van der Waals surface area contributed by atoms with E-state index in [1.54, 1.807) is 36.4 Å². The molecule has 500 valence electrons. The highest BCUT2D eigenvalue weighted by Gasteiger charge is 2.18. The zero-order valence-electron chi connectivity index (χ0n) is 56.9. The largest absolute Gasteiger partial charge is 0.508 e. The Hall–Kier alpha value is -10.8. The summed E-state index contributed by atoms with van der Waals surface area (Å²) in [6, 6.07) is 113. The van der Waals surface area contributed by atoms with Crippen LogP contribution in [0.5, 0.6) is 17.2 Å². The van der Waals surface area contributed by atoms with Crippen LogP contribution in [0, 0.1) is 0 Å². The molecule has 12 aromatic rings. The van der Waals surface area contributed by atoms with Crippen molar-refractivity contribution in [1.29, 1.82) is 0 Å². The van der Waals surface area contributed by atoms with Crippen molar-refractivity contribution in [2.75, 3.05) is 66.4 Å². The highest BCUT2D eigenvalue weighted by molar-refractivity contribution is 9.09. The number of phenols is 2. The van der Waals surface area contributed by atoms with Gasteiger partial charge in [0.15, 0.2) is 11.6 Å². The smallest absolute Gasteiger partial charge is 0.193 e. The van der Waals surface area contributed by atoms with Crippen molar-refractivity contribution in [3.05, 3.63) is 413 Å². The monoisotopic (exact) mass is 1370 g/mol. The van der Waals surface area contributed by atoms with E-state index in [1.165, 1.54) is 63.9 Å². The van der Waals surface area contributed by atoms with E-state index < -0.39 is 0 Å². The first-order valence-electron chi connectivity index (χ1n) is 33.3. The van der Waals surface area contributed by atoms with Gasteiger partial charge in [0.25, 0.3) is 0 Å². The first-order chi connectivity index (χ1) is 48.5. The van der Waals surface area contributed by atoms with E-state index in [1.807, 2.05) is 109 Å². The third-order valence-electron chi connectivity index (χ3n) is 15.6. The fourth-order valence-electron chi connectivity index (χ4n) is 10.5. The van der Waals surface area contributed by atoms with Crippen LogP contribution in [0.4, 0.5) is 0 Å². The van der Waals surface area contributed by atoms with Crippen LogP contribution < -0.4 is 4.74 Å². The lowest BCUT2D eigenvalue weighted by molar-refractivity contribution is 0.103. The van der Waals surface area contributed by atoms with Gasteiger partial charge in [-0.15, -0.1) is 0 Å². The number of phenolic OH excluding ortho intramolecular Hbond substituents is 2. The standard InChI is InChI=1S/C30H29NO.C26H20O.C13H10O2.C13H10O.C4H10BrN.C4H8O/c1-31(2)22-23-32-28-20-18-27(19-21-28)30(26-16-10-5-11-17-26)29(24-12-6-3-7-13-24)25-14-8-4-9-15-25;27-24-18-16-23(17-19-24)26(22-14-8-3-9-15-22)25(20-10-4-1-5-11-20)21-12-6-2-7-13-21;14-12-8-6-11(7-9-12)13(15)10-4-2-1-3-5-10;14-13(11-7-3-1-4-8-11)12-9-5-2-6-10-12;1-6(2)4-3-5;1-2-4-5-3-1/h3-21H,22-23H2,1-2H3;1-19,27H;1-9,14H;1-10H;3-4H2,1-2H3;1-4H2. The van der Waals surface area contributed by atoms with Crippen molar-refractivity contribution < 1.29 is 29.3 Å². The van der Waals surface area contributed by atoms with Gasteiger partial charge in [0.1, 0.15) is 23.9 Å². The van der Waals surface area contributed by atoms with E-state index in [0.29, 0.717) is 17.7 Å². The predicted octanol–water partition coefficient (Wildman–Crippen LogP) is 20.3. The minimum absolute atomic E-state index is 0.0319. The minimum atomic E-state index is -0.0319. The SMILES string of the molecule is C1CCOC1.CN(C)CCBr.CN(C)CCOc1ccc(C(=C(c2ccccc2)c2ccccc2)c2ccccc2)cc1.O=C(c1ccccc1)c1ccc(O)cc1.O=C(c1ccccc1)c1ccccc1.Oc1ccc(C(=C(c2ccccc2)c2ccccc2)c2ccccc2)cc1. The maximum absolute atomic E-state index is 11.9. The number of carbonyl (C=O) groups is 2. The molecule has 8 nitrogen and oxygen atoms in total. The Kier molecular flexibility index (Phi) is 30.9. The van der Waals surface area contributed by atoms with Crippen LogP contribution in [-0.4, -0.2) is 98.0 Å². The molecule has 0 radical (unpaired) electrons. The number of ketones is 2. The Bertz CT molecular complexity index is 4160. The second kappa shape index (κ2) is 41.4. The topological polar surface area (TPSA) is 99.5 Å². The molecule has 0 spiro atoms. The van der Waals surface area contributed by atoms with E-state index in [-0.39, 0.29) is 23.1 Å². The lowest BCUT2D eigenvalue weighted by atomic mass is 9.86.